The number of hydrogen-bond donors (Lipinski definition) is 1. The Kier molecular flexibility index (Phi) is 4.83. The fraction of sp³-hybridized carbons (Fsp3) is 0.867. The molecule has 4 fully saturated rings. The van der Waals surface area contributed by atoms with Crippen LogP contribution in [0.3, 0.4) is 0 Å². The van der Waals surface area contributed by atoms with Crippen LogP contribution in [0.2, 0.25) is 0 Å². The molecule has 8 atom stereocenters. The van der Waals surface area contributed by atoms with E-state index in [2.05, 4.69) is 47.6 Å². The predicted molar refractivity (Wildman–Crippen MR) is 132 cm³/mol. The van der Waals surface area contributed by atoms with Gasteiger partial charge < -0.3 is 5.11 Å². The van der Waals surface area contributed by atoms with E-state index in [0.717, 1.165) is 44.9 Å². The number of ketones is 1. The third-order valence-electron chi connectivity index (χ3n) is 13.0. The van der Waals surface area contributed by atoms with Gasteiger partial charge in [0.05, 0.1) is 5.41 Å². The summed E-state index contributed by atoms with van der Waals surface area (Å²) in [5.74, 6) is 1.11. The van der Waals surface area contributed by atoms with E-state index in [-0.39, 0.29) is 27.1 Å². The molecule has 2 unspecified atom stereocenters. The van der Waals surface area contributed by atoms with E-state index in [0.29, 0.717) is 23.5 Å². The highest BCUT2D eigenvalue weighted by Gasteiger charge is 2.69. The van der Waals surface area contributed by atoms with Crippen molar-refractivity contribution in [1.82, 2.24) is 0 Å². The Labute approximate surface area is 201 Å². The maximum atomic E-state index is 13.7. The Hall–Kier alpha value is -1.12. The summed E-state index contributed by atoms with van der Waals surface area (Å²) in [4.78, 5) is 25.9. The van der Waals surface area contributed by atoms with Crippen LogP contribution in [-0.2, 0) is 9.59 Å². The molecule has 4 saturated carbocycles. The Morgan fingerprint density at radius 2 is 1.58 bits per heavy atom. The zero-order valence-electron chi connectivity index (χ0n) is 22.1. The summed E-state index contributed by atoms with van der Waals surface area (Å²) < 4.78 is 0. The first-order valence-corrected chi connectivity index (χ1v) is 13.6. The maximum absolute atomic E-state index is 13.7. The van der Waals surface area contributed by atoms with E-state index >= 15 is 0 Å². The highest BCUT2D eigenvalue weighted by molar-refractivity contribution is 5.86. The van der Waals surface area contributed by atoms with Crippen LogP contribution in [0.5, 0.6) is 0 Å². The van der Waals surface area contributed by atoms with Crippen LogP contribution in [-0.4, -0.2) is 16.9 Å². The Morgan fingerprint density at radius 3 is 2.24 bits per heavy atom. The van der Waals surface area contributed by atoms with Gasteiger partial charge in [-0.3, -0.25) is 9.59 Å². The van der Waals surface area contributed by atoms with Gasteiger partial charge in [0.15, 0.2) is 0 Å². The van der Waals surface area contributed by atoms with E-state index in [9.17, 15) is 14.7 Å². The third-order valence-corrected chi connectivity index (χ3v) is 13.0. The van der Waals surface area contributed by atoms with E-state index in [4.69, 9.17) is 0 Å². The third kappa shape index (κ3) is 2.80. The number of carbonyl (C=O) groups is 2. The second-order valence-electron chi connectivity index (χ2n) is 14.8. The summed E-state index contributed by atoms with van der Waals surface area (Å²) in [5, 5.41) is 10.1. The molecule has 0 heterocycles. The quantitative estimate of drug-likeness (QED) is 0.419. The maximum Gasteiger partial charge on any atom is 0.309 e. The van der Waals surface area contributed by atoms with Crippen LogP contribution in [0, 0.1) is 50.2 Å². The van der Waals surface area contributed by atoms with Crippen molar-refractivity contribution >= 4 is 11.8 Å². The van der Waals surface area contributed by atoms with Crippen LogP contribution in [0.4, 0.5) is 0 Å². The highest BCUT2D eigenvalue weighted by atomic mass is 16.4. The largest absolute Gasteiger partial charge is 0.481 e. The van der Waals surface area contributed by atoms with Crippen LogP contribution in [0.15, 0.2) is 11.6 Å². The van der Waals surface area contributed by atoms with Gasteiger partial charge in [-0.05, 0) is 104 Å². The molecule has 5 rings (SSSR count). The van der Waals surface area contributed by atoms with Gasteiger partial charge in [0.25, 0.3) is 0 Å². The lowest BCUT2D eigenvalue weighted by Crippen LogP contribution is -2.65. The monoisotopic (exact) mass is 454 g/mol. The van der Waals surface area contributed by atoms with Crippen molar-refractivity contribution in [2.75, 3.05) is 0 Å². The standard InChI is InChI=1S/C30H46O3/c1-25(2)12-11-23(31)30(7)21(25)10-13-29(6)22(30)9-8-19-20-18-27(4,24(32)33)15-14-26(20,3)16-17-28(19,29)5/h8,20-22H,9-18H2,1-7H3,(H,32,33)/t20-,21?,22+,26-,27?,28-,29-,30+/m1/s1. The second kappa shape index (κ2) is 6.76. The number of carboxylic acid groups (broad SMARTS) is 1. The van der Waals surface area contributed by atoms with Crippen molar-refractivity contribution in [1.29, 1.82) is 0 Å². The first-order valence-electron chi connectivity index (χ1n) is 13.6. The van der Waals surface area contributed by atoms with Crippen molar-refractivity contribution in [3.63, 3.8) is 0 Å². The van der Waals surface area contributed by atoms with E-state index in [1.165, 1.54) is 19.3 Å². The van der Waals surface area contributed by atoms with Gasteiger partial charge in [0, 0.05) is 11.8 Å². The molecule has 0 radical (unpaired) electrons. The van der Waals surface area contributed by atoms with Crippen LogP contribution in [0.1, 0.15) is 113 Å². The number of hydrogen-bond acceptors (Lipinski definition) is 2. The molecule has 0 aliphatic heterocycles. The van der Waals surface area contributed by atoms with Crippen molar-refractivity contribution in [2.24, 2.45) is 50.2 Å². The minimum Gasteiger partial charge on any atom is -0.481 e. The van der Waals surface area contributed by atoms with Gasteiger partial charge in [-0.15, -0.1) is 0 Å². The van der Waals surface area contributed by atoms with Crippen molar-refractivity contribution in [3.05, 3.63) is 11.6 Å². The molecule has 0 aromatic rings. The smallest absolute Gasteiger partial charge is 0.309 e. The molecule has 5 aliphatic carbocycles. The molecule has 33 heavy (non-hydrogen) atoms. The second-order valence-corrected chi connectivity index (χ2v) is 14.8. The number of rotatable bonds is 1. The van der Waals surface area contributed by atoms with Gasteiger partial charge in [-0.1, -0.05) is 53.2 Å². The van der Waals surface area contributed by atoms with Crippen molar-refractivity contribution in [3.8, 4) is 0 Å². The number of allylic oxidation sites excluding steroid dienone is 2. The summed E-state index contributed by atoms with van der Waals surface area (Å²) >= 11 is 0. The number of carboxylic acids is 1. The molecule has 0 amide bonds. The van der Waals surface area contributed by atoms with Crippen molar-refractivity contribution < 1.29 is 14.7 Å². The lowest BCUT2D eigenvalue weighted by molar-refractivity contribution is -0.187. The van der Waals surface area contributed by atoms with Gasteiger partial charge in [0.1, 0.15) is 5.78 Å². The van der Waals surface area contributed by atoms with Gasteiger partial charge in [0.2, 0.25) is 0 Å². The van der Waals surface area contributed by atoms with E-state index < -0.39 is 11.4 Å². The molecule has 3 nitrogen and oxygen atoms in total. The molecule has 5 aliphatic rings. The summed E-state index contributed by atoms with van der Waals surface area (Å²) in [6.07, 6.45) is 12.6. The van der Waals surface area contributed by atoms with E-state index in [1.54, 1.807) is 5.57 Å². The van der Waals surface area contributed by atoms with Crippen LogP contribution >= 0.6 is 0 Å². The van der Waals surface area contributed by atoms with Gasteiger partial charge in [-0.2, -0.15) is 0 Å². The summed E-state index contributed by atoms with van der Waals surface area (Å²) in [6.45, 7) is 16.6. The lowest BCUT2D eigenvalue weighted by atomic mass is 9.33. The first-order chi connectivity index (χ1) is 15.1. The summed E-state index contributed by atoms with van der Waals surface area (Å²) in [5.41, 5.74) is 1.32. The number of Topliss-reactive ketones (excluding diaryl/α,β-unsaturated/α-hetero) is 1. The van der Waals surface area contributed by atoms with Gasteiger partial charge >= 0.3 is 5.97 Å². The molecule has 0 aromatic heterocycles. The molecule has 0 saturated heterocycles. The Balaban J connectivity index is 1.60. The molecule has 0 bridgehead atoms. The summed E-state index contributed by atoms with van der Waals surface area (Å²) in [6, 6.07) is 0. The number of aliphatic carboxylic acids is 1. The zero-order chi connectivity index (χ0) is 24.2. The van der Waals surface area contributed by atoms with Crippen molar-refractivity contribution in [2.45, 2.75) is 113 Å². The average molecular weight is 455 g/mol. The van der Waals surface area contributed by atoms with Gasteiger partial charge in [-0.25, -0.2) is 0 Å². The minimum atomic E-state index is -0.625. The molecular weight excluding hydrogens is 408 g/mol. The number of carbonyl (C=O) groups excluding carboxylic acids is 1. The highest BCUT2D eigenvalue weighted by Crippen LogP contribution is 2.75. The Bertz CT molecular complexity index is 931. The fourth-order valence-corrected chi connectivity index (χ4v) is 10.3. The lowest BCUT2D eigenvalue weighted by Gasteiger charge is -2.70. The Morgan fingerprint density at radius 1 is 0.909 bits per heavy atom. The predicted octanol–water partition coefficient (Wildman–Crippen LogP) is 7.44. The molecule has 0 aromatic carbocycles. The summed E-state index contributed by atoms with van der Waals surface area (Å²) in [7, 11) is 0. The molecule has 3 heteroatoms. The molecule has 184 valence electrons. The first kappa shape index (κ1) is 23.6. The van der Waals surface area contributed by atoms with E-state index in [1.807, 2.05) is 6.92 Å². The minimum absolute atomic E-state index is 0.0622. The topological polar surface area (TPSA) is 54.4 Å². The van der Waals surface area contributed by atoms with Crippen LogP contribution in [0.25, 0.3) is 0 Å². The average Bonchev–Trinajstić information content (AvgIpc) is 2.73. The molecular formula is C30H46O3. The zero-order valence-corrected chi connectivity index (χ0v) is 22.1. The molecule has 1 N–H and O–H groups in total. The fourth-order valence-electron chi connectivity index (χ4n) is 10.3. The normalized spacial score (nSPS) is 53.1. The number of fused-ring (bicyclic) bond motifs is 7. The molecule has 0 spiro atoms. The van der Waals surface area contributed by atoms with Crippen LogP contribution < -0.4 is 0 Å². The SMILES string of the molecule is CC1(C(=O)O)CC[C@]2(C)CC[C@]3(C)C(=CC[C@@H]4[C@@]5(C)C(=O)CCC(C)(C)C5CC[C@]43C)[C@H]2C1.